The maximum atomic E-state index is 13.6. The van der Waals surface area contributed by atoms with Crippen LogP contribution >= 0.6 is 24.8 Å². The van der Waals surface area contributed by atoms with Crippen molar-refractivity contribution in [2.24, 2.45) is 22.7 Å². The summed E-state index contributed by atoms with van der Waals surface area (Å²) in [5, 5.41) is 0. The summed E-state index contributed by atoms with van der Waals surface area (Å²) < 4.78 is 22.8. The van der Waals surface area contributed by atoms with Crippen LogP contribution < -0.4 is 14.2 Å². The minimum atomic E-state index is -0.333. The van der Waals surface area contributed by atoms with Gasteiger partial charge >= 0.3 is 5.97 Å². The number of hydrogen-bond donors (Lipinski definition) is 0. The van der Waals surface area contributed by atoms with E-state index in [1.165, 1.54) is 6.42 Å². The van der Waals surface area contributed by atoms with Crippen LogP contribution in [0.15, 0.2) is 12.1 Å². The van der Waals surface area contributed by atoms with Crippen LogP contribution in [0.3, 0.4) is 0 Å². The SMILES string of the molecule is CCN(CC)CCN(CC)CC1C2CCC(C)(C1OC(=O)c1cc(OC)c(OC)c(OC)c1)C2(C)C.Cl.Cl. The first-order chi connectivity index (χ1) is 17.1. The second-order valence-corrected chi connectivity index (χ2v) is 11.1. The smallest absolute Gasteiger partial charge is 0.338 e. The lowest BCUT2D eigenvalue weighted by atomic mass is 9.70. The van der Waals surface area contributed by atoms with Crippen molar-refractivity contribution >= 4 is 30.8 Å². The number of carbonyl (C=O) groups is 1. The quantitative estimate of drug-likeness (QED) is 0.274. The highest BCUT2D eigenvalue weighted by Gasteiger charge is 2.67. The molecule has 0 radical (unpaired) electrons. The van der Waals surface area contributed by atoms with Crippen LogP contribution in [0.4, 0.5) is 0 Å². The van der Waals surface area contributed by atoms with Crippen molar-refractivity contribution in [2.75, 3.05) is 60.6 Å². The number of methoxy groups -OCH3 is 3. The first-order valence-corrected chi connectivity index (χ1v) is 13.6. The second-order valence-electron chi connectivity index (χ2n) is 11.1. The second kappa shape index (κ2) is 14.3. The Hall–Kier alpha value is -1.41. The van der Waals surface area contributed by atoms with E-state index in [1.54, 1.807) is 33.5 Å². The molecule has 2 aliphatic rings. The number of likely N-dealkylation sites (N-methyl/N-ethyl adjacent to an activating group) is 2. The van der Waals surface area contributed by atoms with E-state index in [9.17, 15) is 4.79 Å². The number of rotatable bonds is 13. The van der Waals surface area contributed by atoms with Crippen LogP contribution in [0.25, 0.3) is 0 Å². The molecule has 0 N–H and O–H groups in total. The van der Waals surface area contributed by atoms with Crippen molar-refractivity contribution in [1.82, 2.24) is 9.80 Å². The Morgan fingerprint density at radius 3 is 1.89 bits per heavy atom. The van der Waals surface area contributed by atoms with Gasteiger partial charge in [0.25, 0.3) is 0 Å². The number of benzene rings is 1. The maximum Gasteiger partial charge on any atom is 0.338 e. The molecular formula is C29H50Cl2N2O5. The van der Waals surface area contributed by atoms with Crippen LogP contribution in [0.5, 0.6) is 17.2 Å². The summed E-state index contributed by atoms with van der Waals surface area (Å²) in [6.45, 7) is 19.9. The standard InChI is InChI=1S/C29H48N2O5.2ClH/c1-10-30(11-2)15-16-31(12-3)19-21-22-13-14-29(6,28(22,4)5)26(21)36-27(32)20-17-23(33-7)25(35-9)24(18-20)34-8;;/h17-18,21-22,26H,10-16,19H2,1-9H3;2*1H. The maximum absolute atomic E-state index is 13.6. The van der Waals surface area contributed by atoms with Gasteiger partial charge in [-0.15, -0.1) is 24.8 Å². The molecule has 1 aromatic carbocycles. The summed E-state index contributed by atoms with van der Waals surface area (Å²) in [6.07, 6.45) is 2.14. The Balaban J connectivity index is 0.00000361. The lowest BCUT2D eigenvalue weighted by Crippen LogP contribution is -2.46. The van der Waals surface area contributed by atoms with Crippen molar-refractivity contribution in [2.45, 2.75) is 60.5 Å². The number of nitrogens with zero attached hydrogens (tertiary/aromatic N) is 2. The molecule has 2 saturated carbocycles. The number of esters is 1. The summed E-state index contributed by atoms with van der Waals surface area (Å²) >= 11 is 0. The first-order valence-electron chi connectivity index (χ1n) is 13.6. The van der Waals surface area contributed by atoms with Crippen LogP contribution in [0.1, 0.15) is 64.7 Å². The fraction of sp³-hybridized carbons (Fsp3) is 0.759. The summed E-state index contributed by atoms with van der Waals surface area (Å²) in [5.74, 6) is 1.88. The molecule has 1 aromatic rings. The predicted molar refractivity (Wildman–Crippen MR) is 158 cm³/mol. The summed E-state index contributed by atoms with van der Waals surface area (Å²) in [7, 11) is 4.67. The third kappa shape index (κ3) is 6.32. The van der Waals surface area contributed by atoms with Gasteiger partial charge in [0.05, 0.1) is 26.9 Å². The molecule has 2 fully saturated rings. The molecule has 9 heteroatoms. The summed E-state index contributed by atoms with van der Waals surface area (Å²) in [5.41, 5.74) is 0.467. The van der Waals surface area contributed by atoms with Crippen molar-refractivity contribution < 1.29 is 23.7 Å². The molecular weight excluding hydrogens is 527 g/mol. The van der Waals surface area contributed by atoms with Crippen LogP contribution in [0, 0.1) is 22.7 Å². The molecule has 0 saturated heterocycles. The fourth-order valence-corrected chi connectivity index (χ4v) is 6.83. The minimum absolute atomic E-state index is 0. The number of hydrogen-bond acceptors (Lipinski definition) is 7. The van der Waals surface area contributed by atoms with Gasteiger partial charge in [-0.05, 0) is 55.9 Å². The minimum Gasteiger partial charge on any atom is -0.493 e. The normalized spacial score (nSPS) is 25.1. The largest absolute Gasteiger partial charge is 0.493 e. The zero-order valence-corrected chi connectivity index (χ0v) is 26.4. The molecule has 4 unspecified atom stereocenters. The van der Waals surface area contributed by atoms with Crippen molar-refractivity contribution in [3.05, 3.63) is 17.7 Å². The highest BCUT2D eigenvalue weighted by atomic mass is 35.5. The van der Waals surface area contributed by atoms with Gasteiger partial charge < -0.3 is 28.7 Å². The molecule has 0 heterocycles. The summed E-state index contributed by atoms with van der Waals surface area (Å²) in [6, 6.07) is 3.36. The molecule has 3 rings (SSSR count). The van der Waals surface area contributed by atoms with Gasteiger partial charge in [-0.25, -0.2) is 4.79 Å². The molecule has 2 bridgehead atoms. The Morgan fingerprint density at radius 1 is 0.895 bits per heavy atom. The van der Waals surface area contributed by atoms with Gasteiger partial charge in [-0.3, -0.25) is 0 Å². The van der Waals surface area contributed by atoms with Crippen molar-refractivity contribution in [3.8, 4) is 17.2 Å². The van der Waals surface area contributed by atoms with Gasteiger partial charge in [-0.1, -0.05) is 41.5 Å². The van der Waals surface area contributed by atoms with E-state index in [1.807, 2.05) is 0 Å². The van der Waals surface area contributed by atoms with E-state index in [0.717, 1.165) is 45.7 Å². The number of halogens is 2. The fourth-order valence-electron chi connectivity index (χ4n) is 6.83. The Bertz CT molecular complexity index is 886. The van der Waals surface area contributed by atoms with Crippen LogP contribution in [-0.2, 0) is 4.74 Å². The number of carbonyl (C=O) groups excluding carboxylic acids is 1. The number of ether oxygens (including phenoxy) is 4. The molecule has 0 aromatic heterocycles. The van der Waals surface area contributed by atoms with Crippen molar-refractivity contribution in [1.29, 1.82) is 0 Å². The molecule has 2 aliphatic carbocycles. The third-order valence-corrected chi connectivity index (χ3v) is 9.58. The zero-order chi connectivity index (χ0) is 26.7. The molecule has 220 valence electrons. The van der Waals surface area contributed by atoms with Gasteiger partial charge in [0.1, 0.15) is 6.10 Å². The third-order valence-electron chi connectivity index (χ3n) is 9.58. The Labute approximate surface area is 242 Å². The highest BCUT2D eigenvalue weighted by Crippen LogP contribution is 2.68. The molecule has 38 heavy (non-hydrogen) atoms. The highest BCUT2D eigenvalue weighted by molar-refractivity contribution is 5.91. The molecule has 0 spiro atoms. The van der Waals surface area contributed by atoms with Gasteiger partial charge in [0.2, 0.25) is 5.75 Å². The number of fused-ring (bicyclic) bond motifs is 2. The molecule has 0 aliphatic heterocycles. The topological polar surface area (TPSA) is 60.5 Å². The van der Waals surface area contributed by atoms with Crippen LogP contribution in [0.2, 0.25) is 0 Å². The van der Waals surface area contributed by atoms with E-state index in [-0.39, 0.29) is 47.7 Å². The Kier molecular flexibility index (Phi) is 13.0. The van der Waals surface area contributed by atoms with E-state index in [4.69, 9.17) is 18.9 Å². The van der Waals surface area contributed by atoms with E-state index in [0.29, 0.717) is 34.6 Å². The lowest BCUT2D eigenvalue weighted by Gasteiger charge is -2.40. The predicted octanol–water partition coefficient (Wildman–Crippen LogP) is 5.82. The van der Waals surface area contributed by atoms with Crippen molar-refractivity contribution in [3.63, 3.8) is 0 Å². The molecule has 7 nitrogen and oxygen atoms in total. The Morgan fingerprint density at radius 2 is 1.42 bits per heavy atom. The first kappa shape index (κ1) is 34.6. The van der Waals surface area contributed by atoms with E-state index >= 15 is 0 Å². The van der Waals surface area contributed by atoms with E-state index < -0.39 is 0 Å². The van der Waals surface area contributed by atoms with E-state index in [2.05, 4.69) is 51.3 Å². The van der Waals surface area contributed by atoms with Gasteiger partial charge in [-0.2, -0.15) is 0 Å². The van der Waals surface area contributed by atoms with Gasteiger partial charge in [0.15, 0.2) is 11.5 Å². The average Bonchev–Trinajstić information content (AvgIpc) is 3.20. The molecule has 4 atom stereocenters. The lowest BCUT2D eigenvalue weighted by molar-refractivity contribution is -0.0461. The average molecular weight is 578 g/mol. The van der Waals surface area contributed by atoms with Crippen LogP contribution in [-0.4, -0.2) is 82.5 Å². The molecule has 0 amide bonds. The summed E-state index contributed by atoms with van der Waals surface area (Å²) in [4.78, 5) is 18.6. The zero-order valence-electron chi connectivity index (χ0n) is 24.8. The monoisotopic (exact) mass is 576 g/mol. The van der Waals surface area contributed by atoms with Gasteiger partial charge in [0, 0.05) is 31.0 Å².